The molecule has 0 spiro atoms. The third kappa shape index (κ3) is 8.29. The van der Waals surface area contributed by atoms with Crippen LogP contribution in [0.3, 0.4) is 0 Å². The van der Waals surface area contributed by atoms with E-state index in [2.05, 4.69) is 56.1 Å². The number of hydrogen-bond acceptors (Lipinski definition) is 2. The molecule has 0 aromatic rings. The van der Waals surface area contributed by atoms with E-state index in [0.717, 1.165) is 25.4 Å². The molecule has 0 radical (unpaired) electrons. The van der Waals surface area contributed by atoms with E-state index in [-0.39, 0.29) is 0 Å². The SMILES string of the molecule is C=CCCC1C2C=NCCC(C)CCCCCCCCCCN(C)C1C2C[N+](=C)C. The molecule has 0 saturated heterocycles. The number of rotatable bonds is 5. The predicted octanol–water partition coefficient (Wildman–Crippen LogP) is 6.08. The van der Waals surface area contributed by atoms with Gasteiger partial charge in [-0.3, -0.25) is 4.99 Å². The standard InChI is InChI=1S/C27H50N3/c1-6-7-17-24-25-21-28-19-18-23(2)16-14-12-10-8-9-11-13-15-20-30(5)27(24)26(25)22-29(3)4/h6,21,23-27H,1,3,7-20,22H2,2,4-5H3/q+1. The molecule has 5 unspecified atom stereocenters. The van der Waals surface area contributed by atoms with Crippen LogP contribution in [0.1, 0.15) is 84.0 Å². The second-order valence-corrected chi connectivity index (χ2v) is 10.3. The monoisotopic (exact) mass is 416 g/mol. The van der Waals surface area contributed by atoms with Crippen LogP contribution < -0.4 is 0 Å². The molecular formula is C27H50N3+. The number of allylic oxidation sites excluding steroid dienone is 1. The first-order valence-electron chi connectivity index (χ1n) is 12.9. The number of fused-ring (bicyclic) bond motifs is 14. The Morgan fingerprint density at radius 3 is 2.37 bits per heavy atom. The molecule has 2 bridgehead atoms. The third-order valence-electron chi connectivity index (χ3n) is 7.59. The fourth-order valence-corrected chi connectivity index (χ4v) is 5.78. The molecule has 1 fully saturated rings. The lowest BCUT2D eigenvalue weighted by molar-refractivity contribution is -0.503. The van der Waals surface area contributed by atoms with E-state index >= 15 is 0 Å². The summed E-state index contributed by atoms with van der Waals surface area (Å²) in [7, 11) is 4.48. The van der Waals surface area contributed by atoms with E-state index < -0.39 is 0 Å². The fourth-order valence-electron chi connectivity index (χ4n) is 5.78. The highest BCUT2D eigenvalue weighted by molar-refractivity contribution is 5.64. The maximum absolute atomic E-state index is 4.95. The first kappa shape index (κ1) is 25.3. The van der Waals surface area contributed by atoms with Crippen LogP contribution in [0, 0.1) is 23.7 Å². The molecule has 3 nitrogen and oxygen atoms in total. The minimum absolute atomic E-state index is 0.596. The van der Waals surface area contributed by atoms with Crippen LogP contribution in [0.25, 0.3) is 0 Å². The van der Waals surface area contributed by atoms with Crippen molar-refractivity contribution in [3.8, 4) is 0 Å². The first-order valence-corrected chi connectivity index (χ1v) is 12.9. The van der Waals surface area contributed by atoms with Crippen molar-refractivity contribution in [3.63, 3.8) is 0 Å². The van der Waals surface area contributed by atoms with Gasteiger partial charge in [0.25, 0.3) is 0 Å². The lowest BCUT2D eigenvalue weighted by Gasteiger charge is -2.53. The van der Waals surface area contributed by atoms with E-state index in [4.69, 9.17) is 4.99 Å². The van der Waals surface area contributed by atoms with E-state index in [9.17, 15) is 0 Å². The molecule has 2 heterocycles. The Morgan fingerprint density at radius 1 is 1.03 bits per heavy atom. The van der Waals surface area contributed by atoms with Crippen LogP contribution in [0.5, 0.6) is 0 Å². The summed E-state index contributed by atoms with van der Waals surface area (Å²) in [5, 5.41) is 0. The summed E-state index contributed by atoms with van der Waals surface area (Å²) in [5.74, 6) is 2.76. The Balaban J connectivity index is 2.08. The number of nitrogens with zero attached hydrogens (tertiary/aromatic N) is 3. The zero-order valence-electron chi connectivity index (χ0n) is 20.4. The van der Waals surface area contributed by atoms with Gasteiger partial charge >= 0.3 is 0 Å². The molecule has 0 aromatic carbocycles. The normalized spacial score (nSPS) is 33.0. The molecule has 1 aliphatic carbocycles. The maximum atomic E-state index is 4.95. The molecule has 172 valence electrons. The Bertz CT molecular complexity index is 526. The van der Waals surface area contributed by atoms with Crippen molar-refractivity contribution in [1.29, 1.82) is 0 Å². The molecule has 5 atom stereocenters. The largest absolute Gasteiger partial charge is 0.303 e. The number of hydrogen-bond donors (Lipinski definition) is 0. The van der Waals surface area contributed by atoms with Crippen molar-refractivity contribution in [2.45, 2.75) is 90.0 Å². The average molecular weight is 417 g/mol. The third-order valence-corrected chi connectivity index (χ3v) is 7.59. The molecule has 0 aromatic heterocycles. The molecule has 30 heavy (non-hydrogen) atoms. The quantitative estimate of drug-likeness (QED) is 0.302. The molecule has 3 rings (SSSR count). The van der Waals surface area contributed by atoms with Crippen molar-refractivity contribution >= 4 is 12.9 Å². The summed E-state index contributed by atoms with van der Waals surface area (Å²) in [6.45, 7) is 13.9. The summed E-state index contributed by atoms with van der Waals surface area (Å²) < 4.78 is 2.13. The van der Waals surface area contributed by atoms with Gasteiger partial charge in [0.2, 0.25) is 0 Å². The summed E-state index contributed by atoms with van der Waals surface area (Å²) >= 11 is 0. The van der Waals surface area contributed by atoms with Gasteiger partial charge in [0.15, 0.2) is 0 Å². The zero-order chi connectivity index (χ0) is 21.8. The smallest absolute Gasteiger partial charge is 0.146 e. The average Bonchev–Trinajstić information content (AvgIpc) is 2.70. The highest BCUT2D eigenvalue weighted by Crippen LogP contribution is 2.45. The molecule has 3 aliphatic rings. The van der Waals surface area contributed by atoms with Gasteiger partial charge in [0, 0.05) is 30.6 Å². The van der Waals surface area contributed by atoms with Crippen LogP contribution in [0.15, 0.2) is 17.6 Å². The van der Waals surface area contributed by atoms with Crippen LogP contribution in [-0.4, -0.2) is 62.2 Å². The summed E-state index contributed by atoms with van der Waals surface area (Å²) in [6, 6.07) is 0.659. The van der Waals surface area contributed by atoms with Crippen molar-refractivity contribution < 1.29 is 4.58 Å². The summed E-state index contributed by atoms with van der Waals surface area (Å²) in [4.78, 5) is 7.62. The van der Waals surface area contributed by atoms with Crippen molar-refractivity contribution in [2.75, 3.05) is 33.7 Å². The van der Waals surface area contributed by atoms with Gasteiger partial charge in [-0.15, -0.1) is 6.58 Å². The van der Waals surface area contributed by atoms with Gasteiger partial charge in [0.05, 0.1) is 0 Å². The van der Waals surface area contributed by atoms with E-state index in [1.165, 1.54) is 77.2 Å². The lowest BCUT2D eigenvalue weighted by atomic mass is 9.58. The second-order valence-electron chi connectivity index (χ2n) is 10.3. The molecule has 1 saturated carbocycles. The molecule has 0 N–H and O–H groups in total. The Labute approximate surface area is 187 Å². The van der Waals surface area contributed by atoms with Gasteiger partial charge in [0.1, 0.15) is 20.3 Å². The maximum Gasteiger partial charge on any atom is 0.146 e. The van der Waals surface area contributed by atoms with Crippen LogP contribution in [0.4, 0.5) is 0 Å². The zero-order valence-corrected chi connectivity index (χ0v) is 20.4. The highest BCUT2D eigenvalue weighted by atomic mass is 15.2. The van der Waals surface area contributed by atoms with Crippen molar-refractivity contribution in [1.82, 2.24) is 4.90 Å². The fraction of sp³-hybridized carbons (Fsp3) is 0.852. The molecule has 0 amide bonds. The van der Waals surface area contributed by atoms with Crippen LogP contribution in [-0.2, 0) is 0 Å². The summed E-state index contributed by atoms with van der Waals surface area (Å²) in [5.41, 5.74) is 0. The van der Waals surface area contributed by atoms with Gasteiger partial charge in [-0.2, -0.15) is 0 Å². The molecule has 3 heteroatoms. The predicted molar refractivity (Wildman–Crippen MR) is 133 cm³/mol. The van der Waals surface area contributed by atoms with Crippen LogP contribution >= 0.6 is 0 Å². The van der Waals surface area contributed by atoms with Crippen molar-refractivity contribution in [3.05, 3.63) is 12.7 Å². The topological polar surface area (TPSA) is 18.6 Å². The molecule has 2 aliphatic heterocycles. The van der Waals surface area contributed by atoms with Crippen molar-refractivity contribution in [2.24, 2.45) is 28.7 Å². The van der Waals surface area contributed by atoms with Gasteiger partial charge in [-0.1, -0.05) is 64.4 Å². The van der Waals surface area contributed by atoms with E-state index in [1.54, 1.807) is 0 Å². The first-order chi connectivity index (χ1) is 14.5. The Hall–Kier alpha value is -0.960. The molecular weight excluding hydrogens is 366 g/mol. The summed E-state index contributed by atoms with van der Waals surface area (Å²) in [6.07, 6.45) is 20.7. The Kier molecular flexibility index (Phi) is 11.9. The number of aliphatic imine (C=N–C) groups is 1. The highest BCUT2D eigenvalue weighted by Gasteiger charge is 2.52. The van der Waals surface area contributed by atoms with E-state index in [0.29, 0.717) is 23.8 Å². The lowest BCUT2D eigenvalue weighted by Crippen LogP contribution is -2.61. The Morgan fingerprint density at radius 2 is 1.70 bits per heavy atom. The van der Waals surface area contributed by atoms with Crippen LogP contribution in [0.2, 0.25) is 0 Å². The van der Waals surface area contributed by atoms with Gasteiger partial charge in [-0.05, 0) is 51.1 Å². The minimum Gasteiger partial charge on any atom is -0.303 e. The second kappa shape index (κ2) is 14.2. The van der Waals surface area contributed by atoms with E-state index in [1.807, 2.05) is 0 Å². The van der Waals surface area contributed by atoms with Gasteiger partial charge < -0.3 is 4.90 Å². The minimum atomic E-state index is 0.596. The van der Waals surface area contributed by atoms with Gasteiger partial charge in [-0.25, -0.2) is 4.58 Å².